The fraction of sp³-hybridized carbons (Fsp3) is 0.292. The molecule has 1 aromatic carbocycles. The lowest BCUT2D eigenvalue weighted by Gasteiger charge is -2.29. The number of hydrogen-bond donors (Lipinski definition) is 2. The molecule has 1 aliphatic rings. The van der Waals surface area contributed by atoms with Crippen LogP contribution in [0.1, 0.15) is 28.8 Å². The zero-order chi connectivity index (χ0) is 23.4. The highest BCUT2D eigenvalue weighted by molar-refractivity contribution is 5.94. The average molecular weight is 447 g/mol. The number of nitrogens with one attached hydrogen (secondary N) is 1. The van der Waals surface area contributed by atoms with Crippen molar-refractivity contribution in [2.75, 3.05) is 18.4 Å². The minimum atomic E-state index is -0.348. The Kier molecular flexibility index (Phi) is 6.60. The number of aromatic nitrogens is 3. The second-order valence-electron chi connectivity index (χ2n) is 8.02. The smallest absolute Gasteiger partial charge is 0.290 e. The van der Waals surface area contributed by atoms with Crippen molar-refractivity contribution in [2.24, 2.45) is 7.05 Å². The van der Waals surface area contributed by atoms with Crippen LogP contribution in [-0.2, 0) is 18.3 Å². The van der Waals surface area contributed by atoms with Crippen LogP contribution in [0.5, 0.6) is 0 Å². The van der Waals surface area contributed by atoms with Crippen LogP contribution < -0.4 is 10.9 Å². The van der Waals surface area contributed by atoms with Crippen molar-refractivity contribution in [1.82, 2.24) is 19.7 Å². The molecule has 33 heavy (non-hydrogen) atoms. The Hall–Kier alpha value is -3.85. The molecule has 3 aromatic rings. The van der Waals surface area contributed by atoms with Crippen molar-refractivity contribution in [3.63, 3.8) is 0 Å². The fourth-order valence-electron chi connectivity index (χ4n) is 3.78. The maximum atomic E-state index is 12.7. The van der Waals surface area contributed by atoms with Crippen molar-refractivity contribution in [3.8, 4) is 11.3 Å². The molecule has 2 aromatic heterocycles. The number of piperidine rings is 1. The molecular formula is C24H25N5O4. The SMILES string of the molecule is Cn1nc(-c2cccc(CC=O)c2)cc(Nc2ccc(C(=O)N3CCC(O)CC3)cn2)c1=O. The van der Waals surface area contributed by atoms with Crippen LogP contribution in [0.2, 0.25) is 0 Å². The van der Waals surface area contributed by atoms with E-state index in [0.29, 0.717) is 55.1 Å². The second kappa shape index (κ2) is 9.74. The topological polar surface area (TPSA) is 117 Å². The van der Waals surface area contributed by atoms with Crippen molar-refractivity contribution in [3.05, 3.63) is 70.1 Å². The molecule has 1 aliphatic heterocycles. The molecule has 0 atom stereocenters. The summed E-state index contributed by atoms with van der Waals surface area (Å²) in [4.78, 5) is 42.1. The summed E-state index contributed by atoms with van der Waals surface area (Å²) in [6, 6.07) is 12.4. The van der Waals surface area contributed by atoms with Crippen LogP contribution in [0, 0.1) is 0 Å². The van der Waals surface area contributed by atoms with E-state index in [2.05, 4.69) is 15.4 Å². The highest BCUT2D eigenvalue weighted by Gasteiger charge is 2.22. The van der Waals surface area contributed by atoms with Crippen LogP contribution in [0.15, 0.2) is 53.5 Å². The summed E-state index contributed by atoms with van der Waals surface area (Å²) in [5, 5.41) is 17.0. The minimum Gasteiger partial charge on any atom is -0.393 e. The maximum absolute atomic E-state index is 12.7. The van der Waals surface area contributed by atoms with Gasteiger partial charge in [-0.15, -0.1) is 0 Å². The van der Waals surface area contributed by atoms with Crippen LogP contribution in [0.4, 0.5) is 11.5 Å². The van der Waals surface area contributed by atoms with Gasteiger partial charge in [0.2, 0.25) is 0 Å². The van der Waals surface area contributed by atoms with Crippen molar-refractivity contribution >= 4 is 23.7 Å². The number of pyridine rings is 1. The predicted molar refractivity (Wildman–Crippen MR) is 123 cm³/mol. The number of carbonyl (C=O) groups excluding carboxylic acids is 2. The number of aliphatic hydroxyl groups excluding tert-OH is 1. The summed E-state index contributed by atoms with van der Waals surface area (Å²) in [6.45, 7) is 1.04. The van der Waals surface area contributed by atoms with Gasteiger partial charge in [-0.25, -0.2) is 9.67 Å². The average Bonchev–Trinajstić information content (AvgIpc) is 2.83. The number of rotatable bonds is 6. The van der Waals surface area contributed by atoms with E-state index >= 15 is 0 Å². The van der Waals surface area contributed by atoms with Gasteiger partial charge in [-0.1, -0.05) is 18.2 Å². The summed E-state index contributed by atoms with van der Waals surface area (Å²) in [5.74, 6) is 0.294. The van der Waals surface area contributed by atoms with Gasteiger partial charge in [0.15, 0.2) is 0 Å². The van der Waals surface area contributed by atoms with E-state index in [1.54, 1.807) is 30.1 Å². The third-order valence-electron chi connectivity index (χ3n) is 5.63. The molecule has 0 radical (unpaired) electrons. The normalized spacial score (nSPS) is 14.2. The zero-order valence-electron chi connectivity index (χ0n) is 18.3. The highest BCUT2D eigenvalue weighted by Crippen LogP contribution is 2.21. The number of amides is 1. The van der Waals surface area contributed by atoms with Crippen LogP contribution >= 0.6 is 0 Å². The van der Waals surface area contributed by atoms with Gasteiger partial charge >= 0.3 is 0 Å². The number of benzene rings is 1. The van der Waals surface area contributed by atoms with E-state index in [1.807, 2.05) is 24.3 Å². The molecule has 9 heteroatoms. The molecule has 1 fully saturated rings. The second-order valence-corrected chi connectivity index (χ2v) is 8.02. The third-order valence-corrected chi connectivity index (χ3v) is 5.63. The molecule has 170 valence electrons. The Labute approximate surface area is 190 Å². The molecule has 0 saturated carbocycles. The minimum absolute atomic E-state index is 0.127. The van der Waals surface area contributed by atoms with E-state index in [9.17, 15) is 19.5 Å². The molecule has 4 rings (SSSR count). The number of aldehydes is 1. The summed E-state index contributed by atoms with van der Waals surface area (Å²) in [6.07, 6.45) is 3.42. The Morgan fingerprint density at radius 1 is 1.21 bits per heavy atom. The van der Waals surface area contributed by atoms with Gasteiger partial charge in [0.25, 0.3) is 11.5 Å². The molecule has 0 unspecified atom stereocenters. The summed E-state index contributed by atoms with van der Waals surface area (Å²) < 4.78 is 1.24. The summed E-state index contributed by atoms with van der Waals surface area (Å²) in [7, 11) is 1.57. The number of likely N-dealkylation sites (tertiary alicyclic amines) is 1. The lowest BCUT2D eigenvalue weighted by Crippen LogP contribution is -2.40. The summed E-state index contributed by atoms with van der Waals surface area (Å²) in [5.41, 5.74) is 2.64. The maximum Gasteiger partial charge on any atom is 0.290 e. The first kappa shape index (κ1) is 22.3. The standard InChI is InChI=1S/C24H25N5O4/c1-28-24(33)21(14-20(27-28)17-4-2-3-16(13-17)9-12-30)26-22-6-5-18(15-25-22)23(32)29-10-7-19(31)8-11-29/h2-6,12-15,19,31H,7-11H2,1H3,(H,25,26). The Morgan fingerprint density at radius 2 is 2.00 bits per heavy atom. The van der Waals surface area contributed by atoms with Gasteiger partial charge in [0.05, 0.1) is 17.4 Å². The van der Waals surface area contributed by atoms with Gasteiger partial charge in [-0.3, -0.25) is 9.59 Å². The first-order valence-corrected chi connectivity index (χ1v) is 10.8. The molecule has 2 N–H and O–H groups in total. The van der Waals surface area contributed by atoms with E-state index in [-0.39, 0.29) is 17.6 Å². The molecule has 1 saturated heterocycles. The van der Waals surface area contributed by atoms with Crippen molar-refractivity contribution < 1.29 is 14.7 Å². The lowest BCUT2D eigenvalue weighted by molar-refractivity contribution is -0.107. The molecular weight excluding hydrogens is 422 g/mol. The molecule has 3 heterocycles. The number of aryl methyl sites for hydroxylation is 1. The quantitative estimate of drug-likeness (QED) is 0.555. The number of carbonyl (C=O) groups is 2. The van der Waals surface area contributed by atoms with Crippen molar-refractivity contribution in [1.29, 1.82) is 0 Å². The fourth-order valence-corrected chi connectivity index (χ4v) is 3.78. The zero-order valence-corrected chi connectivity index (χ0v) is 18.3. The highest BCUT2D eigenvalue weighted by atomic mass is 16.3. The summed E-state index contributed by atoms with van der Waals surface area (Å²) >= 11 is 0. The molecule has 0 bridgehead atoms. The van der Waals surface area contributed by atoms with Gasteiger partial charge in [0.1, 0.15) is 17.8 Å². The lowest BCUT2D eigenvalue weighted by atomic mass is 10.1. The number of nitrogens with zero attached hydrogens (tertiary/aromatic N) is 4. The predicted octanol–water partition coefficient (Wildman–Crippen LogP) is 1.92. The van der Waals surface area contributed by atoms with Crippen LogP contribution in [0.3, 0.4) is 0 Å². The van der Waals surface area contributed by atoms with Crippen LogP contribution in [0.25, 0.3) is 11.3 Å². The van der Waals surface area contributed by atoms with Gasteiger partial charge in [-0.05, 0) is 42.7 Å². The first-order valence-electron chi connectivity index (χ1n) is 10.8. The van der Waals surface area contributed by atoms with E-state index in [0.717, 1.165) is 17.4 Å². The van der Waals surface area contributed by atoms with E-state index < -0.39 is 0 Å². The molecule has 1 amide bonds. The Bertz CT molecular complexity index is 1210. The van der Waals surface area contributed by atoms with E-state index in [4.69, 9.17) is 0 Å². The van der Waals surface area contributed by atoms with Gasteiger partial charge < -0.3 is 20.1 Å². The number of hydrogen-bond acceptors (Lipinski definition) is 7. The Morgan fingerprint density at radius 3 is 2.70 bits per heavy atom. The monoisotopic (exact) mass is 447 g/mol. The van der Waals surface area contributed by atoms with E-state index in [1.165, 1.54) is 10.9 Å². The first-order chi connectivity index (χ1) is 15.9. The van der Waals surface area contributed by atoms with Crippen molar-refractivity contribution in [2.45, 2.75) is 25.4 Å². The molecule has 0 aliphatic carbocycles. The number of aliphatic hydroxyl groups is 1. The third kappa shape index (κ3) is 5.15. The molecule has 0 spiro atoms. The largest absolute Gasteiger partial charge is 0.393 e. The molecule has 9 nitrogen and oxygen atoms in total. The number of anilines is 2. The van der Waals surface area contributed by atoms with Gasteiger partial charge in [-0.2, -0.15) is 5.10 Å². The Balaban J connectivity index is 1.54. The van der Waals surface area contributed by atoms with Crippen LogP contribution in [-0.4, -0.2) is 56.2 Å². The van der Waals surface area contributed by atoms with Gasteiger partial charge in [0, 0.05) is 38.3 Å².